The van der Waals surface area contributed by atoms with E-state index in [1.165, 1.54) is 36.4 Å². The second kappa shape index (κ2) is 8.93. The van der Waals surface area contributed by atoms with Gasteiger partial charge in [-0.15, -0.1) is 0 Å². The van der Waals surface area contributed by atoms with Gasteiger partial charge in [0.25, 0.3) is 11.8 Å². The highest BCUT2D eigenvalue weighted by Crippen LogP contribution is 2.32. The van der Waals surface area contributed by atoms with Crippen LogP contribution in [0.4, 0.5) is 14.5 Å². The van der Waals surface area contributed by atoms with Crippen LogP contribution in [0.3, 0.4) is 0 Å². The Hall–Kier alpha value is -3.51. The van der Waals surface area contributed by atoms with Crippen LogP contribution in [0.25, 0.3) is 5.57 Å². The van der Waals surface area contributed by atoms with Crippen LogP contribution >= 0.6 is 11.6 Å². The molecule has 1 aliphatic heterocycles. The summed E-state index contributed by atoms with van der Waals surface area (Å²) in [5, 5.41) is 3.55. The van der Waals surface area contributed by atoms with Gasteiger partial charge in [-0.1, -0.05) is 41.9 Å². The molecule has 4 rings (SSSR count). The molecule has 1 heterocycles. The number of hydrogen-bond donors (Lipinski definition) is 1. The number of nitrogens with one attached hydrogen (secondary N) is 1. The molecule has 0 aliphatic carbocycles. The van der Waals surface area contributed by atoms with Gasteiger partial charge in [-0.2, -0.15) is 0 Å². The zero-order valence-corrected chi connectivity index (χ0v) is 17.9. The monoisotopic (exact) mass is 452 g/mol. The fourth-order valence-corrected chi connectivity index (χ4v) is 3.71. The van der Waals surface area contributed by atoms with Crippen LogP contribution in [0.1, 0.15) is 16.7 Å². The molecule has 0 fully saturated rings. The van der Waals surface area contributed by atoms with Crippen molar-refractivity contribution < 1.29 is 18.4 Å². The minimum Gasteiger partial charge on any atom is -0.350 e. The van der Waals surface area contributed by atoms with Gasteiger partial charge in [-0.05, 0) is 66.4 Å². The fraction of sp³-hybridized carbons (Fsp3) is 0.120. The van der Waals surface area contributed by atoms with Crippen molar-refractivity contribution in [2.75, 3.05) is 11.9 Å². The molecule has 0 unspecified atom stereocenters. The molecule has 162 valence electrons. The SMILES string of the molecule is Cc1ccc(Cl)cc1NC1=C(c2ccc(F)cc2)C(=O)N(CCc2ccc(F)cc2)C1=O. The smallest absolute Gasteiger partial charge is 0.278 e. The number of hydrogen-bond acceptors (Lipinski definition) is 3. The summed E-state index contributed by atoms with van der Waals surface area (Å²) >= 11 is 6.11. The summed E-state index contributed by atoms with van der Waals surface area (Å²) in [5.74, 6) is -1.77. The summed E-state index contributed by atoms with van der Waals surface area (Å²) in [4.78, 5) is 27.7. The summed E-state index contributed by atoms with van der Waals surface area (Å²) in [6.45, 7) is 1.97. The van der Waals surface area contributed by atoms with E-state index in [0.29, 0.717) is 22.7 Å². The first-order valence-electron chi connectivity index (χ1n) is 9.97. The number of anilines is 1. The van der Waals surface area contributed by atoms with Gasteiger partial charge in [-0.25, -0.2) is 8.78 Å². The third kappa shape index (κ3) is 4.41. The van der Waals surface area contributed by atoms with E-state index in [1.807, 2.05) is 6.92 Å². The first-order valence-corrected chi connectivity index (χ1v) is 10.4. The van der Waals surface area contributed by atoms with Crippen LogP contribution in [0, 0.1) is 18.6 Å². The van der Waals surface area contributed by atoms with Crippen molar-refractivity contribution in [2.24, 2.45) is 0 Å². The molecule has 32 heavy (non-hydrogen) atoms. The maximum absolute atomic E-state index is 13.5. The van der Waals surface area contributed by atoms with E-state index < -0.39 is 17.6 Å². The molecule has 1 N–H and O–H groups in total. The summed E-state index contributed by atoms with van der Waals surface area (Å²) in [6, 6.07) is 16.5. The van der Waals surface area contributed by atoms with E-state index in [-0.39, 0.29) is 23.6 Å². The highest BCUT2D eigenvalue weighted by atomic mass is 35.5. The molecule has 0 saturated carbocycles. The summed E-state index contributed by atoms with van der Waals surface area (Å²) < 4.78 is 26.6. The van der Waals surface area contributed by atoms with Gasteiger partial charge < -0.3 is 5.32 Å². The first-order chi connectivity index (χ1) is 15.3. The highest BCUT2D eigenvalue weighted by molar-refractivity contribution is 6.36. The quantitative estimate of drug-likeness (QED) is 0.512. The van der Waals surface area contributed by atoms with Crippen molar-refractivity contribution in [1.29, 1.82) is 0 Å². The summed E-state index contributed by atoms with van der Waals surface area (Å²) in [6.07, 6.45) is 0.373. The minimum absolute atomic E-state index is 0.103. The highest BCUT2D eigenvalue weighted by Gasteiger charge is 2.39. The predicted octanol–water partition coefficient (Wildman–Crippen LogP) is 5.36. The summed E-state index contributed by atoms with van der Waals surface area (Å²) in [5.41, 5.74) is 2.91. The van der Waals surface area contributed by atoms with Crippen LogP contribution in [-0.4, -0.2) is 23.3 Å². The third-order valence-corrected chi connectivity index (χ3v) is 5.53. The number of rotatable bonds is 6. The average molecular weight is 453 g/mol. The molecule has 0 saturated heterocycles. The molecule has 3 aromatic rings. The van der Waals surface area contributed by atoms with Gasteiger partial charge >= 0.3 is 0 Å². The molecular weight excluding hydrogens is 434 g/mol. The van der Waals surface area contributed by atoms with Crippen molar-refractivity contribution in [1.82, 2.24) is 4.90 Å². The molecule has 1 aliphatic rings. The molecule has 0 spiro atoms. The van der Waals surface area contributed by atoms with Crippen LogP contribution in [0.2, 0.25) is 5.02 Å². The predicted molar refractivity (Wildman–Crippen MR) is 120 cm³/mol. The topological polar surface area (TPSA) is 49.4 Å². The van der Waals surface area contributed by atoms with Crippen molar-refractivity contribution in [2.45, 2.75) is 13.3 Å². The van der Waals surface area contributed by atoms with Gasteiger partial charge in [0.05, 0.1) is 5.57 Å². The van der Waals surface area contributed by atoms with Crippen molar-refractivity contribution in [3.63, 3.8) is 0 Å². The van der Waals surface area contributed by atoms with Crippen LogP contribution in [0.15, 0.2) is 72.4 Å². The van der Waals surface area contributed by atoms with Crippen molar-refractivity contribution >= 4 is 34.7 Å². The Morgan fingerprint density at radius 2 is 1.50 bits per heavy atom. The van der Waals surface area contributed by atoms with Gasteiger partial charge in [-0.3, -0.25) is 14.5 Å². The minimum atomic E-state index is -0.490. The molecule has 4 nitrogen and oxygen atoms in total. The van der Waals surface area contributed by atoms with Crippen molar-refractivity contribution in [3.05, 3.63) is 106 Å². The molecular formula is C25H19ClF2N2O2. The molecule has 0 atom stereocenters. The third-order valence-electron chi connectivity index (χ3n) is 5.30. The fourth-order valence-electron chi connectivity index (χ4n) is 3.53. The Balaban J connectivity index is 1.68. The van der Waals surface area contributed by atoms with Gasteiger partial charge in [0, 0.05) is 17.3 Å². The summed E-state index contributed by atoms with van der Waals surface area (Å²) in [7, 11) is 0. The lowest BCUT2D eigenvalue weighted by Gasteiger charge is -2.16. The maximum atomic E-state index is 13.5. The van der Waals surface area contributed by atoms with E-state index in [0.717, 1.165) is 16.0 Å². The van der Waals surface area contributed by atoms with Gasteiger partial charge in [0.2, 0.25) is 0 Å². The van der Waals surface area contributed by atoms with Crippen LogP contribution in [0.5, 0.6) is 0 Å². The number of imide groups is 1. The van der Waals surface area contributed by atoms with Crippen molar-refractivity contribution in [3.8, 4) is 0 Å². The normalized spacial score (nSPS) is 13.8. The zero-order chi connectivity index (χ0) is 22.8. The lowest BCUT2D eigenvalue weighted by atomic mass is 10.0. The standard InChI is InChI=1S/C25H19ClF2N2O2/c1-15-2-7-18(26)14-21(15)29-23-22(17-5-10-20(28)11-6-17)24(31)30(25(23)32)13-12-16-3-8-19(27)9-4-16/h2-11,14,29H,12-13H2,1H3. The first kappa shape index (κ1) is 21.7. The lowest BCUT2D eigenvalue weighted by molar-refractivity contribution is -0.136. The largest absolute Gasteiger partial charge is 0.350 e. The molecule has 2 amide bonds. The molecule has 0 radical (unpaired) electrons. The Morgan fingerprint density at radius 1 is 0.875 bits per heavy atom. The molecule has 0 aromatic heterocycles. The number of nitrogens with zero attached hydrogens (tertiary/aromatic N) is 1. The Bertz CT molecular complexity index is 1220. The Labute approximate surface area is 189 Å². The number of amides is 2. The average Bonchev–Trinajstić information content (AvgIpc) is 3.00. The van der Waals surface area contributed by atoms with E-state index in [9.17, 15) is 18.4 Å². The van der Waals surface area contributed by atoms with E-state index >= 15 is 0 Å². The van der Waals surface area contributed by atoms with E-state index in [2.05, 4.69) is 5.32 Å². The number of benzene rings is 3. The second-order valence-corrected chi connectivity index (χ2v) is 7.92. The van der Waals surface area contributed by atoms with E-state index in [4.69, 9.17) is 11.6 Å². The van der Waals surface area contributed by atoms with Crippen LogP contribution in [-0.2, 0) is 16.0 Å². The molecule has 7 heteroatoms. The second-order valence-electron chi connectivity index (χ2n) is 7.48. The molecule has 3 aromatic carbocycles. The Morgan fingerprint density at radius 3 is 2.16 bits per heavy atom. The number of halogens is 3. The van der Waals surface area contributed by atoms with E-state index in [1.54, 1.807) is 30.3 Å². The number of aryl methyl sites for hydroxylation is 1. The van der Waals surface area contributed by atoms with Crippen LogP contribution < -0.4 is 5.32 Å². The van der Waals surface area contributed by atoms with Gasteiger partial charge in [0.15, 0.2) is 0 Å². The lowest BCUT2D eigenvalue weighted by Crippen LogP contribution is -2.34. The number of carbonyl (C=O) groups excluding carboxylic acids is 2. The molecule has 0 bridgehead atoms. The number of carbonyl (C=O) groups is 2. The maximum Gasteiger partial charge on any atom is 0.278 e. The zero-order valence-electron chi connectivity index (χ0n) is 17.2. The van der Waals surface area contributed by atoms with Gasteiger partial charge in [0.1, 0.15) is 17.3 Å². The Kier molecular flexibility index (Phi) is 6.06.